The number of aliphatic carboxylic acids is 1. The number of rotatable bonds is 4. The standard InChI is InChI=1S/C12H16FNO2/c1-7-5-4-6-10(13)11(7)14-9(3)8(2)12(15)16/h4-6,8-9,14H,1-3H3,(H,15,16). The molecule has 0 spiro atoms. The van der Waals surface area contributed by atoms with E-state index in [1.807, 2.05) is 0 Å². The normalized spacial score (nSPS) is 14.2. The molecule has 0 radical (unpaired) electrons. The molecule has 4 heteroatoms. The Bertz CT molecular complexity index is 372. The predicted molar refractivity (Wildman–Crippen MR) is 61.0 cm³/mol. The van der Waals surface area contributed by atoms with Gasteiger partial charge in [-0.2, -0.15) is 0 Å². The molecule has 3 nitrogen and oxygen atoms in total. The Kier molecular flexibility index (Phi) is 3.88. The second kappa shape index (κ2) is 4.96. The van der Waals surface area contributed by atoms with Gasteiger partial charge in [-0.05, 0) is 32.4 Å². The van der Waals surface area contributed by atoms with Crippen molar-refractivity contribution in [3.05, 3.63) is 29.6 Å². The maximum atomic E-state index is 13.5. The average Bonchev–Trinajstić information content (AvgIpc) is 2.22. The van der Waals surface area contributed by atoms with Crippen molar-refractivity contribution in [2.24, 2.45) is 5.92 Å². The molecule has 2 unspecified atom stereocenters. The molecule has 0 aromatic heterocycles. The largest absolute Gasteiger partial charge is 0.481 e. The summed E-state index contributed by atoms with van der Waals surface area (Å²) in [6, 6.07) is 4.44. The minimum Gasteiger partial charge on any atom is -0.481 e. The summed E-state index contributed by atoms with van der Waals surface area (Å²) in [5, 5.41) is 11.7. The highest BCUT2D eigenvalue weighted by atomic mass is 19.1. The molecule has 0 fully saturated rings. The van der Waals surface area contributed by atoms with Crippen LogP contribution in [0.4, 0.5) is 10.1 Å². The van der Waals surface area contributed by atoms with E-state index in [-0.39, 0.29) is 11.9 Å². The number of benzene rings is 1. The van der Waals surface area contributed by atoms with Gasteiger partial charge in [-0.3, -0.25) is 4.79 Å². The number of para-hydroxylation sites is 1. The van der Waals surface area contributed by atoms with Gasteiger partial charge in [0.1, 0.15) is 5.82 Å². The number of aryl methyl sites for hydroxylation is 1. The molecule has 2 atom stereocenters. The quantitative estimate of drug-likeness (QED) is 0.828. The van der Waals surface area contributed by atoms with E-state index in [2.05, 4.69) is 5.32 Å². The number of halogens is 1. The lowest BCUT2D eigenvalue weighted by atomic mass is 10.0. The fourth-order valence-corrected chi connectivity index (χ4v) is 1.38. The molecule has 1 aromatic rings. The Morgan fingerprint density at radius 2 is 2.06 bits per heavy atom. The van der Waals surface area contributed by atoms with E-state index in [9.17, 15) is 9.18 Å². The van der Waals surface area contributed by atoms with Crippen LogP contribution in [0.1, 0.15) is 19.4 Å². The highest BCUT2D eigenvalue weighted by Gasteiger charge is 2.20. The van der Waals surface area contributed by atoms with Crippen LogP contribution in [0.25, 0.3) is 0 Å². The van der Waals surface area contributed by atoms with E-state index in [4.69, 9.17) is 5.11 Å². The Balaban J connectivity index is 2.84. The van der Waals surface area contributed by atoms with Gasteiger partial charge in [-0.25, -0.2) is 4.39 Å². The summed E-state index contributed by atoms with van der Waals surface area (Å²) in [5.41, 5.74) is 1.15. The third kappa shape index (κ3) is 2.72. The maximum absolute atomic E-state index is 13.5. The molecule has 0 saturated carbocycles. The average molecular weight is 225 g/mol. The molecule has 1 aromatic carbocycles. The lowest BCUT2D eigenvalue weighted by Crippen LogP contribution is -2.30. The minimum atomic E-state index is -0.894. The van der Waals surface area contributed by atoms with Gasteiger partial charge in [-0.15, -0.1) is 0 Å². The number of carboxylic acids is 1. The van der Waals surface area contributed by atoms with Crippen molar-refractivity contribution in [3.8, 4) is 0 Å². The number of hydrogen-bond acceptors (Lipinski definition) is 2. The Labute approximate surface area is 94.3 Å². The molecule has 0 aliphatic carbocycles. The van der Waals surface area contributed by atoms with Crippen LogP contribution in [-0.4, -0.2) is 17.1 Å². The van der Waals surface area contributed by atoms with Gasteiger partial charge in [0, 0.05) is 6.04 Å². The monoisotopic (exact) mass is 225 g/mol. The van der Waals surface area contributed by atoms with Gasteiger partial charge in [0.2, 0.25) is 0 Å². The van der Waals surface area contributed by atoms with Crippen LogP contribution in [0.3, 0.4) is 0 Å². The first-order chi connectivity index (χ1) is 7.43. The summed E-state index contributed by atoms with van der Waals surface area (Å²) in [5.74, 6) is -1.82. The van der Waals surface area contributed by atoms with Gasteiger partial charge in [0.25, 0.3) is 0 Å². The first-order valence-electron chi connectivity index (χ1n) is 5.18. The molecule has 1 rings (SSSR count). The van der Waals surface area contributed by atoms with E-state index >= 15 is 0 Å². The van der Waals surface area contributed by atoms with Crippen LogP contribution < -0.4 is 5.32 Å². The van der Waals surface area contributed by atoms with E-state index < -0.39 is 11.9 Å². The number of carbonyl (C=O) groups is 1. The van der Waals surface area contributed by atoms with Gasteiger partial charge in [0.05, 0.1) is 11.6 Å². The molecule has 16 heavy (non-hydrogen) atoms. The van der Waals surface area contributed by atoms with Crippen LogP contribution in [0, 0.1) is 18.7 Å². The third-order valence-electron chi connectivity index (χ3n) is 2.73. The summed E-state index contributed by atoms with van der Waals surface area (Å²) < 4.78 is 13.5. The second-order valence-corrected chi connectivity index (χ2v) is 3.99. The van der Waals surface area contributed by atoms with Crippen molar-refractivity contribution in [1.82, 2.24) is 0 Å². The molecule has 0 bridgehead atoms. The lowest BCUT2D eigenvalue weighted by Gasteiger charge is -2.20. The van der Waals surface area contributed by atoms with E-state index in [1.54, 1.807) is 32.9 Å². The van der Waals surface area contributed by atoms with Crippen LogP contribution >= 0.6 is 0 Å². The molecule has 88 valence electrons. The summed E-state index contributed by atoms with van der Waals surface area (Å²) in [6.07, 6.45) is 0. The van der Waals surface area contributed by atoms with Crippen molar-refractivity contribution in [3.63, 3.8) is 0 Å². The number of nitrogens with one attached hydrogen (secondary N) is 1. The molecule has 2 N–H and O–H groups in total. The second-order valence-electron chi connectivity index (χ2n) is 3.99. The summed E-state index contributed by atoms with van der Waals surface area (Å²) in [4.78, 5) is 10.8. The molecule has 0 aliphatic rings. The first kappa shape index (κ1) is 12.5. The Morgan fingerprint density at radius 1 is 1.44 bits per heavy atom. The highest BCUT2D eigenvalue weighted by Crippen LogP contribution is 2.21. The van der Waals surface area contributed by atoms with Crippen molar-refractivity contribution in [2.45, 2.75) is 26.8 Å². The fraction of sp³-hybridized carbons (Fsp3) is 0.417. The van der Waals surface area contributed by atoms with Crippen LogP contribution in [0.5, 0.6) is 0 Å². The minimum absolute atomic E-state index is 0.326. The molecular formula is C12H16FNO2. The third-order valence-corrected chi connectivity index (χ3v) is 2.73. The number of anilines is 1. The predicted octanol–water partition coefficient (Wildman–Crippen LogP) is 2.66. The summed E-state index contributed by atoms with van der Waals surface area (Å²) in [6.45, 7) is 5.10. The Hall–Kier alpha value is -1.58. The molecule has 0 saturated heterocycles. The SMILES string of the molecule is Cc1cccc(F)c1NC(C)C(C)C(=O)O. The first-order valence-corrected chi connectivity index (χ1v) is 5.18. The van der Waals surface area contributed by atoms with E-state index in [0.717, 1.165) is 5.56 Å². The van der Waals surface area contributed by atoms with Gasteiger partial charge in [0.15, 0.2) is 0 Å². The fourth-order valence-electron chi connectivity index (χ4n) is 1.38. The zero-order valence-electron chi connectivity index (χ0n) is 9.62. The van der Waals surface area contributed by atoms with Crippen molar-refractivity contribution in [1.29, 1.82) is 0 Å². The van der Waals surface area contributed by atoms with Crippen molar-refractivity contribution >= 4 is 11.7 Å². The number of hydrogen-bond donors (Lipinski definition) is 2. The van der Waals surface area contributed by atoms with E-state index in [0.29, 0.717) is 5.69 Å². The van der Waals surface area contributed by atoms with Crippen molar-refractivity contribution in [2.75, 3.05) is 5.32 Å². The molecule has 0 aliphatic heterocycles. The smallest absolute Gasteiger partial charge is 0.308 e. The van der Waals surface area contributed by atoms with Gasteiger partial charge >= 0.3 is 5.97 Å². The zero-order valence-corrected chi connectivity index (χ0v) is 9.62. The molecule has 0 heterocycles. The maximum Gasteiger partial charge on any atom is 0.308 e. The highest BCUT2D eigenvalue weighted by molar-refractivity contribution is 5.71. The van der Waals surface area contributed by atoms with E-state index in [1.165, 1.54) is 6.07 Å². The van der Waals surface area contributed by atoms with Crippen LogP contribution in [-0.2, 0) is 4.79 Å². The summed E-state index contributed by atoms with van der Waals surface area (Å²) >= 11 is 0. The van der Waals surface area contributed by atoms with Crippen molar-refractivity contribution < 1.29 is 14.3 Å². The summed E-state index contributed by atoms with van der Waals surface area (Å²) in [7, 11) is 0. The van der Waals surface area contributed by atoms with Crippen LogP contribution in [0.2, 0.25) is 0 Å². The lowest BCUT2D eigenvalue weighted by molar-refractivity contribution is -0.141. The molecular weight excluding hydrogens is 209 g/mol. The number of carboxylic acid groups (broad SMARTS) is 1. The van der Waals surface area contributed by atoms with Gasteiger partial charge < -0.3 is 10.4 Å². The van der Waals surface area contributed by atoms with Gasteiger partial charge in [-0.1, -0.05) is 12.1 Å². The topological polar surface area (TPSA) is 49.3 Å². The molecule has 0 amide bonds. The van der Waals surface area contributed by atoms with Crippen LogP contribution in [0.15, 0.2) is 18.2 Å². The Morgan fingerprint density at radius 3 is 2.56 bits per heavy atom. The zero-order chi connectivity index (χ0) is 12.3.